The van der Waals surface area contributed by atoms with Crippen molar-refractivity contribution in [1.82, 2.24) is 19.9 Å². The number of nitrogens with one attached hydrogen (secondary N) is 1. The second-order valence-corrected chi connectivity index (χ2v) is 5.92. The maximum atomic E-state index is 12.7. The van der Waals surface area contributed by atoms with E-state index in [1.165, 1.54) is 0 Å². The minimum atomic E-state index is 0.0589. The number of piperidine rings is 1. The van der Waals surface area contributed by atoms with E-state index >= 15 is 0 Å². The number of aromatic amines is 1. The van der Waals surface area contributed by atoms with Gasteiger partial charge in [0.2, 0.25) is 0 Å². The summed E-state index contributed by atoms with van der Waals surface area (Å²) >= 11 is 0. The molecule has 0 aliphatic carbocycles. The molecule has 0 bridgehead atoms. The van der Waals surface area contributed by atoms with Gasteiger partial charge in [0.25, 0.3) is 5.91 Å². The predicted octanol–water partition coefficient (Wildman–Crippen LogP) is 2.64. The first-order valence-corrected chi connectivity index (χ1v) is 8.10. The predicted molar refractivity (Wildman–Crippen MR) is 89.9 cm³/mol. The Morgan fingerprint density at radius 1 is 1.17 bits per heavy atom. The van der Waals surface area contributed by atoms with Crippen molar-refractivity contribution in [2.75, 3.05) is 13.1 Å². The highest BCUT2D eigenvalue weighted by molar-refractivity contribution is 5.98. The van der Waals surface area contributed by atoms with Gasteiger partial charge in [0.1, 0.15) is 6.10 Å². The molecule has 1 amide bonds. The summed E-state index contributed by atoms with van der Waals surface area (Å²) in [4.78, 5) is 25.9. The number of amides is 1. The molecule has 6 heteroatoms. The summed E-state index contributed by atoms with van der Waals surface area (Å²) in [5.74, 6) is 0.0764. The summed E-state index contributed by atoms with van der Waals surface area (Å²) in [5, 5.41) is 1.06. The molecule has 24 heavy (non-hydrogen) atoms. The standard InChI is InChI=1S/C18H18N4O2/c23-17(14-2-3-16-13(12-14)4-9-19-16)22-10-5-15(6-11-22)24-18-20-7-1-8-21-18/h1-4,7-9,12,15,19H,5-6,10-11H2. The van der Waals surface area contributed by atoms with Crippen LogP contribution in [0.15, 0.2) is 48.9 Å². The maximum Gasteiger partial charge on any atom is 0.316 e. The molecule has 0 saturated carbocycles. The van der Waals surface area contributed by atoms with Crippen LogP contribution in [0.25, 0.3) is 10.9 Å². The SMILES string of the molecule is O=C(c1ccc2[nH]ccc2c1)N1CCC(Oc2ncccn2)CC1. The number of rotatable bonds is 3. The van der Waals surface area contributed by atoms with Crippen LogP contribution in [0.1, 0.15) is 23.2 Å². The van der Waals surface area contributed by atoms with E-state index in [0.29, 0.717) is 19.1 Å². The first kappa shape index (κ1) is 14.7. The van der Waals surface area contributed by atoms with Gasteiger partial charge >= 0.3 is 6.01 Å². The van der Waals surface area contributed by atoms with Crippen molar-refractivity contribution in [3.8, 4) is 6.01 Å². The third-order valence-corrected chi connectivity index (χ3v) is 4.34. The van der Waals surface area contributed by atoms with Crippen LogP contribution in [-0.2, 0) is 0 Å². The van der Waals surface area contributed by atoms with Crippen molar-refractivity contribution in [3.63, 3.8) is 0 Å². The molecule has 1 aromatic carbocycles. The highest BCUT2D eigenvalue weighted by atomic mass is 16.5. The Hall–Kier alpha value is -2.89. The van der Waals surface area contributed by atoms with Crippen molar-refractivity contribution >= 4 is 16.8 Å². The van der Waals surface area contributed by atoms with Gasteiger partial charge in [-0.05, 0) is 30.3 Å². The second-order valence-electron chi connectivity index (χ2n) is 5.92. The Morgan fingerprint density at radius 3 is 2.75 bits per heavy atom. The molecule has 3 aromatic rings. The Labute approximate surface area is 139 Å². The summed E-state index contributed by atoms with van der Waals surface area (Å²) < 4.78 is 5.77. The number of carbonyl (C=O) groups is 1. The number of likely N-dealkylation sites (tertiary alicyclic amines) is 1. The van der Waals surface area contributed by atoms with Crippen LogP contribution in [0.5, 0.6) is 6.01 Å². The first-order chi connectivity index (χ1) is 11.8. The van der Waals surface area contributed by atoms with Crippen LogP contribution >= 0.6 is 0 Å². The van der Waals surface area contributed by atoms with Gasteiger partial charge in [-0.1, -0.05) is 0 Å². The molecule has 0 spiro atoms. The Bertz CT molecular complexity index is 838. The van der Waals surface area contributed by atoms with Gasteiger partial charge < -0.3 is 14.6 Å². The lowest BCUT2D eigenvalue weighted by molar-refractivity contribution is 0.0579. The van der Waals surface area contributed by atoms with Crippen LogP contribution in [0.4, 0.5) is 0 Å². The molecule has 122 valence electrons. The topological polar surface area (TPSA) is 71.1 Å². The summed E-state index contributed by atoms with van der Waals surface area (Å²) in [6.07, 6.45) is 6.85. The van der Waals surface area contributed by atoms with Gasteiger partial charge in [0.15, 0.2) is 0 Å². The van der Waals surface area contributed by atoms with Gasteiger partial charge in [-0.2, -0.15) is 0 Å². The average Bonchev–Trinajstić information content (AvgIpc) is 3.10. The van der Waals surface area contributed by atoms with Crippen LogP contribution in [0.3, 0.4) is 0 Å². The lowest BCUT2D eigenvalue weighted by Gasteiger charge is -2.31. The Morgan fingerprint density at radius 2 is 1.96 bits per heavy atom. The molecule has 3 heterocycles. The fourth-order valence-electron chi connectivity index (χ4n) is 3.04. The average molecular weight is 322 g/mol. The number of benzene rings is 1. The monoisotopic (exact) mass is 322 g/mol. The fourth-order valence-corrected chi connectivity index (χ4v) is 3.04. The van der Waals surface area contributed by atoms with Crippen LogP contribution in [-0.4, -0.2) is 45.0 Å². The molecule has 4 rings (SSSR count). The first-order valence-electron chi connectivity index (χ1n) is 8.10. The highest BCUT2D eigenvalue weighted by Gasteiger charge is 2.25. The molecule has 1 saturated heterocycles. The summed E-state index contributed by atoms with van der Waals surface area (Å²) in [6, 6.07) is 9.91. The molecular weight excluding hydrogens is 304 g/mol. The van der Waals surface area contributed by atoms with Gasteiger partial charge in [-0.15, -0.1) is 0 Å². The number of H-pyrrole nitrogens is 1. The molecule has 0 unspecified atom stereocenters. The molecular formula is C18H18N4O2. The van der Waals surface area contributed by atoms with E-state index in [-0.39, 0.29) is 12.0 Å². The fraction of sp³-hybridized carbons (Fsp3) is 0.278. The highest BCUT2D eigenvalue weighted by Crippen LogP contribution is 2.20. The zero-order chi connectivity index (χ0) is 16.4. The number of aromatic nitrogens is 3. The summed E-state index contributed by atoms with van der Waals surface area (Å²) in [6.45, 7) is 1.36. The number of hydrogen-bond acceptors (Lipinski definition) is 4. The van der Waals surface area contributed by atoms with Crippen LogP contribution in [0.2, 0.25) is 0 Å². The van der Waals surface area contributed by atoms with Gasteiger partial charge in [0, 0.05) is 61.0 Å². The molecule has 0 atom stereocenters. The maximum absolute atomic E-state index is 12.7. The lowest BCUT2D eigenvalue weighted by Crippen LogP contribution is -2.41. The number of nitrogens with zero attached hydrogens (tertiary/aromatic N) is 3. The van der Waals surface area contributed by atoms with Crippen molar-refractivity contribution in [3.05, 3.63) is 54.5 Å². The number of hydrogen-bond donors (Lipinski definition) is 1. The molecule has 6 nitrogen and oxygen atoms in total. The van der Waals surface area contributed by atoms with E-state index in [9.17, 15) is 4.79 Å². The van der Waals surface area contributed by atoms with Crippen molar-refractivity contribution in [2.24, 2.45) is 0 Å². The summed E-state index contributed by atoms with van der Waals surface area (Å²) in [7, 11) is 0. The zero-order valence-electron chi connectivity index (χ0n) is 13.2. The number of ether oxygens (including phenoxy) is 1. The minimum absolute atomic E-state index is 0.0589. The quantitative estimate of drug-likeness (QED) is 0.805. The van der Waals surface area contributed by atoms with Gasteiger partial charge in [-0.25, -0.2) is 9.97 Å². The minimum Gasteiger partial charge on any atom is -0.460 e. The van der Waals surface area contributed by atoms with Crippen molar-refractivity contribution in [2.45, 2.75) is 18.9 Å². The normalized spacial score (nSPS) is 15.6. The summed E-state index contributed by atoms with van der Waals surface area (Å²) in [5.41, 5.74) is 1.77. The van der Waals surface area contributed by atoms with E-state index in [0.717, 1.165) is 29.3 Å². The van der Waals surface area contributed by atoms with E-state index in [2.05, 4.69) is 15.0 Å². The van der Waals surface area contributed by atoms with E-state index in [1.54, 1.807) is 18.5 Å². The number of fused-ring (bicyclic) bond motifs is 1. The zero-order valence-corrected chi connectivity index (χ0v) is 13.2. The molecule has 1 aliphatic rings. The van der Waals surface area contributed by atoms with E-state index < -0.39 is 0 Å². The number of carbonyl (C=O) groups excluding carboxylic acids is 1. The Kier molecular flexibility index (Phi) is 3.86. The molecule has 0 radical (unpaired) electrons. The van der Waals surface area contributed by atoms with Gasteiger partial charge in [-0.3, -0.25) is 4.79 Å². The molecule has 1 aliphatic heterocycles. The van der Waals surface area contributed by atoms with Crippen LogP contribution in [0, 0.1) is 0 Å². The molecule has 1 fully saturated rings. The molecule has 1 N–H and O–H groups in total. The smallest absolute Gasteiger partial charge is 0.316 e. The molecule has 2 aromatic heterocycles. The van der Waals surface area contributed by atoms with E-state index in [1.807, 2.05) is 35.4 Å². The largest absolute Gasteiger partial charge is 0.460 e. The van der Waals surface area contributed by atoms with Gasteiger partial charge in [0.05, 0.1) is 0 Å². The lowest BCUT2D eigenvalue weighted by atomic mass is 10.1. The van der Waals surface area contributed by atoms with Crippen LogP contribution < -0.4 is 4.74 Å². The third kappa shape index (κ3) is 2.95. The second kappa shape index (κ2) is 6.31. The Balaban J connectivity index is 1.39. The third-order valence-electron chi connectivity index (χ3n) is 4.34. The van der Waals surface area contributed by atoms with Crippen molar-refractivity contribution in [1.29, 1.82) is 0 Å². The van der Waals surface area contributed by atoms with Crippen molar-refractivity contribution < 1.29 is 9.53 Å². The van der Waals surface area contributed by atoms with E-state index in [4.69, 9.17) is 4.74 Å².